The quantitative estimate of drug-likeness (QED) is 0.885. The molecule has 1 saturated heterocycles. The Labute approximate surface area is 142 Å². The van der Waals surface area contributed by atoms with E-state index in [4.69, 9.17) is 9.47 Å². The maximum absolute atomic E-state index is 12.1. The van der Waals surface area contributed by atoms with E-state index in [-0.39, 0.29) is 12.0 Å². The molecule has 1 amide bonds. The summed E-state index contributed by atoms with van der Waals surface area (Å²) in [5, 5.41) is 2.89. The van der Waals surface area contributed by atoms with E-state index in [1.165, 1.54) is 0 Å². The minimum absolute atomic E-state index is 0.113. The predicted molar refractivity (Wildman–Crippen MR) is 94.0 cm³/mol. The molecule has 1 aliphatic heterocycles. The standard InChI is InChI=1S/C20H23NO3/c1-15(20(22)21-14-19-8-5-13-23-19)24-18-11-9-17(10-12-18)16-6-3-2-4-7-16/h2-4,6-7,9-12,15,19H,5,8,13-14H2,1H3,(H,21,22)/t15-,19+/m0/s1. The van der Waals surface area contributed by atoms with Gasteiger partial charge in [0.1, 0.15) is 5.75 Å². The van der Waals surface area contributed by atoms with Gasteiger partial charge in [0.05, 0.1) is 6.10 Å². The summed E-state index contributed by atoms with van der Waals surface area (Å²) in [5.74, 6) is 0.576. The van der Waals surface area contributed by atoms with Crippen molar-refractivity contribution in [1.29, 1.82) is 0 Å². The molecule has 0 aliphatic carbocycles. The maximum Gasteiger partial charge on any atom is 0.260 e. The molecule has 4 nitrogen and oxygen atoms in total. The average Bonchev–Trinajstić information content (AvgIpc) is 3.14. The highest BCUT2D eigenvalue weighted by Crippen LogP contribution is 2.22. The van der Waals surface area contributed by atoms with Crippen LogP contribution in [0.4, 0.5) is 0 Å². The molecule has 0 aromatic heterocycles. The predicted octanol–water partition coefficient (Wildman–Crippen LogP) is 3.42. The van der Waals surface area contributed by atoms with Crippen LogP contribution in [0, 0.1) is 0 Å². The zero-order valence-electron chi connectivity index (χ0n) is 13.9. The number of carbonyl (C=O) groups is 1. The van der Waals surface area contributed by atoms with Crippen LogP contribution in [0.2, 0.25) is 0 Å². The van der Waals surface area contributed by atoms with Gasteiger partial charge >= 0.3 is 0 Å². The summed E-state index contributed by atoms with van der Waals surface area (Å²) in [6.45, 7) is 3.11. The molecule has 1 fully saturated rings. The first-order chi connectivity index (χ1) is 11.7. The van der Waals surface area contributed by atoms with Crippen molar-refractivity contribution in [2.75, 3.05) is 13.2 Å². The highest BCUT2D eigenvalue weighted by atomic mass is 16.5. The van der Waals surface area contributed by atoms with Gasteiger partial charge in [-0.15, -0.1) is 0 Å². The molecule has 126 valence electrons. The zero-order valence-corrected chi connectivity index (χ0v) is 13.9. The van der Waals surface area contributed by atoms with Gasteiger partial charge in [-0.3, -0.25) is 4.79 Å². The topological polar surface area (TPSA) is 47.6 Å². The van der Waals surface area contributed by atoms with Crippen LogP contribution in [0.3, 0.4) is 0 Å². The third kappa shape index (κ3) is 4.36. The fraction of sp³-hybridized carbons (Fsp3) is 0.350. The molecule has 1 aliphatic rings. The van der Waals surface area contributed by atoms with Crippen LogP contribution in [-0.4, -0.2) is 31.3 Å². The largest absolute Gasteiger partial charge is 0.481 e. The summed E-state index contributed by atoms with van der Waals surface area (Å²) in [6.07, 6.45) is 1.69. The van der Waals surface area contributed by atoms with Gasteiger partial charge in [-0.25, -0.2) is 0 Å². The van der Waals surface area contributed by atoms with Crippen molar-refractivity contribution in [3.63, 3.8) is 0 Å². The van der Waals surface area contributed by atoms with Crippen molar-refractivity contribution in [1.82, 2.24) is 5.32 Å². The highest BCUT2D eigenvalue weighted by molar-refractivity contribution is 5.80. The lowest BCUT2D eigenvalue weighted by Gasteiger charge is -2.16. The van der Waals surface area contributed by atoms with Crippen molar-refractivity contribution >= 4 is 5.91 Å². The van der Waals surface area contributed by atoms with Gasteiger partial charge in [0.25, 0.3) is 5.91 Å². The molecule has 24 heavy (non-hydrogen) atoms. The number of carbonyl (C=O) groups excluding carboxylic acids is 1. The molecule has 0 unspecified atom stereocenters. The van der Waals surface area contributed by atoms with Gasteiger partial charge in [0.2, 0.25) is 0 Å². The lowest BCUT2D eigenvalue weighted by Crippen LogP contribution is -2.40. The van der Waals surface area contributed by atoms with E-state index in [0.717, 1.165) is 30.6 Å². The van der Waals surface area contributed by atoms with Gasteiger partial charge in [0, 0.05) is 13.2 Å². The fourth-order valence-corrected chi connectivity index (χ4v) is 2.78. The lowest BCUT2D eigenvalue weighted by molar-refractivity contribution is -0.127. The summed E-state index contributed by atoms with van der Waals surface area (Å²) in [6, 6.07) is 18.0. The van der Waals surface area contributed by atoms with Gasteiger partial charge in [-0.2, -0.15) is 0 Å². The van der Waals surface area contributed by atoms with Crippen LogP contribution >= 0.6 is 0 Å². The minimum Gasteiger partial charge on any atom is -0.481 e. The molecule has 0 saturated carbocycles. The Balaban J connectivity index is 1.52. The SMILES string of the molecule is C[C@H](Oc1ccc(-c2ccccc2)cc1)C(=O)NC[C@H]1CCCO1. The first kappa shape index (κ1) is 16.5. The zero-order chi connectivity index (χ0) is 16.8. The second kappa shape index (κ2) is 7.97. The summed E-state index contributed by atoms with van der Waals surface area (Å²) in [7, 11) is 0. The van der Waals surface area contributed by atoms with Crippen LogP contribution in [0.5, 0.6) is 5.75 Å². The number of hydrogen-bond acceptors (Lipinski definition) is 3. The van der Waals surface area contributed by atoms with Crippen LogP contribution in [0.15, 0.2) is 54.6 Å². The second-order valence-electron chi connectivity index (χ2n) is 6.03. The first-order valence-corrected chi connectivity index (χ1v) is 8.44. The van der Waals surface area contributed by atoms with Crippen molar-refractivity contribution in [2.24, 2.45) is 0 Å². The van der Waals surface area contributed by atoms with Crippen LogP contribution < -0.4 is 10.1 Å². The summed E-state index contributed by atoms with van der Waals surface area (Å²) in [5.41, 5.74) is 2.28. The molecule has 2 atom stereocenters. The van der Waals surface area contributed by atoms with Crippen LogP contribution in [-0.2, 0) is 9.53 Å². The normalized spacial score (nSPS) is 18.1. The van der Waals surface area contributed by atoms with E-state index in [2.05, 4.69) is 17.4 Å². The van der Waals surface area contributed by atoms with Gasteiger partial charge in [-0.1, -0.05) is 42.5 Å². The van der Waals surface area contributed by atoms with Gasteiger partial charge in [-0.05, 0) is 43.0 Å². The Morgan fingerprint density at radius 1 is 1.17 bits per heavy atom. The van der Waals surface area contributed by atoms with Crippen molar-refractivity contribution in [2.45, 2.75) is 32.0 Å². The smallest absolute Gasteiger partial charge is 0.260 e. The summed E-state index contributed by atoms with van der Waals surface area (Å²) < 4.78 is 11.2. The molecule has 4 heteroatoms. The fourth-order valence-electron chi connectivity index (χ4n) is 2.78. The molecule has 0 bridgehead atoms. The Kier molecular flexibility index (Phi) is 5.49. The second-order valence-corrected chi connectivity index (χ2v) is 6.03. The molecule has 3 rings (SSSR count). The number of amides is 1. The molecule has 2 aromatic carbocycles. The minimum atomic E-state index is -0.533. The van der Waals surface area contributed by atoms with Crippen LogP contribution in [0.1, 0.15) is 19.8 Å². The molecule has 1 heterocycles. The molecule has 1 N–H and O–H groups in total. The highest BCUT2D eigenvalue weighted by Gasteiger charge is 2.19. The Bertz CT molecular complexity index is 648. The molecule has 0 spiro atoms. The van der Waals surface area contributed by atoms with E-state index >= 15 is 0 Å². The monoisotopic (exact) mass is 325 g/mol. The molecule has 2 aromatic rings. The average molecular weight is 325 g/mol. The van der Waals surface area contributed by atoms with E-state index in [1.54, 1.807) is 6.92 Å². The molecular weight excluding hydrogens is 302 g/mol. The van der Waals surface area contributed by atoms with E-state index in [1.807, 2.05) is 42.5 Å². The molecule has 0 radical (unpaired) electrons. The lowest BCUT2D eigenvalue weighted by atomic mass is 10.1. The summed E-state index contributed by atoms with van der Waals surface area (Å²) in [4.78, 5) is 12.1. The third-order valence-electron chi connectivity index (χ3n) is 4.17. The number of ether oxygens (including phenoxy) is 2. The van der Waals surface area contributed by atoms with Gasteiger partial charge < -0.3 is 14.8 Å². The third-order valence-corrected chi connectivity index (χ3v) is 4.17. The number of hydrogen-bond donors (Lipinski definition) is 1. The van der Waals surface area contributed by atoms with Gasteiger partial charge in [0.15, 0.2) is 6.10 Å². The van der Waals surface area contributed by atoms with Crippen molar-refractivity contribution in [3.05, 3.63) is 54.6 Å². The van der Waals surface area contributed by atoms with Crippen molar-refractivity contribution < 1.29 is 14.3 Å². The van der Waals surface area contributed by atoms with E-state index in [0.29, 0.717) is 12.3 Å². The van der Waals surface area contributed by atoms with Crippen LogP contribution in [0.25, 0.3) is 11.1 Å². The summed E-state index contributed by atoms with van der Waals surface area (Å²) >= 11 is 0. The number of rotatable bonds is 6. The Morgan fingerprint density at radius 2 is 1.88 bits per heavy atom. The Morgan fingerprint density at radius 3 is 2.54 bits per heavy atom. The first-order valence-electron chi connectivity index (χ1n) is 8.44. The molecular formula is C20H23NO3. The number of nitrogens with one attached hydrogen (secondary N) is 1. The maximum atomic E-state index is 12.1. The van der Waals surface area contributed by atoms with E-state index < -0.39 is 6.10 Å². The Hall–Kier alpha value is -2.33. The van der Waals surface area contributed by atoms with E-state index in [9.17, 15) is 4.79 Å². The van der Waals surface area contributed by atoms with Crippen molar-refractivity contribution in [3.8, 4) is 16.9 Å². The number of benzene rings is 2.